The van der Waals surface area contributed by atoms with E-state index in [1.807, 2.05) is 4.72 Å². The molecule has 138 valence electrons. The lowest BCUT2D eigenvalue weighted by molar-refractivity contribution is 0.276. The van der Waals surface area contributed by atoms with Gasteiger partial charge in [-0.3, -0.25) is 4.55 Å². The zero-order valence-corrected chi connectivity index (χ0v) is 15.5. The van der Waals surface area contributed by atoms with Gasteiger partial charge in [0.15, 0.2) is 0 Å². The molecule has 0 saturated heterocycles. The van der Waals surface area contributed by atoms with Gasteiger partial charge in [0.25, 0.3) is 0 Å². The van der Waals surface area contributed by atoms with Crippen molar-refractivity contribution in [2.45, 2.75) is 45.6 Å². The Bertz CT molecular complexity index is 546. The van der Waals surface area contributed by atoms with Crippen molar-refractivity contribution in [1.29, 1.82) is 0 Å². The molecular formula is C17H30N2O4S. The summed E-state index contributed by atoms with van der Waals surface area (Å²) < 4.78 is 37.6. The fourth-order valence-electron chi connectivity index (χ4n) is 2.30. The third-order valence-electron chi connectivity index (χ3n) is 3.73. The minimum absolute atomic E-state index is 0.0590. The molecule has 0 fully saturated rings. The van der Waals surface area contributed by atoms with Crippen LogP contribution in [0.2, 0.25) is 0 Å². The molecule has 0 spiro atoms. The topological polar surface area (TPSA) is 78.9 Å². The molecule has 0 atom stereocenters. The molecule has 7 heteroatoms. The van der Waals surface area contributed by atoms with Gasteiger partial charge < -0.3 is 9.64 Å². The predicted octanol–water partition coefficient (Wildman–Crippen LogP) is 2.86. The Balaban J connectivity index is 2.15. The van der Waals surface area contributed by atoms with Gasteiger partial charge in [0.2, 0.25) is 0 Å². The molecule has 0 bridgehead atoms. The summed E-state index contributed by atoms with van der Waals surface area (Å²) >= 11 is 0. The van der Waals surface area contributed by atoms with Gasteiger partial charge in [0.1, 0.15) is 5.75 Å². The maximum atomic E-state index is 10.6. The van der Waals surface area contributed by atoms with Crippen molar-refractivity contribution in [1.82, 2.24) is 9.62 Å². The van der Waals surface area contributed by atoms with E-state index < -0.39 is 10.3 Å². The lowest BCUT2D eigenvalue weighted by Crippen LogP contribution is -2.21. The minimum atomic E-state index is -4.15. The van der Waals surface area contributed by atoms with Crippen molar-refractivity contribution in [3.63, 3.8) is 0 Å². The predicted molar refractivity (Wildman–Crippen MR) is 96.6 cm³/mol. The molecule has 0 unspecified atom stereocenters. The third-order valence-corrected chi connectivity index (χ3v) is 4.24. The first-order valence-electron chi connectivity index (χ1n) is 8.53. The van der Waals surface area contributed by atoms with Gasteiger partial charge in [-0.1, -0.05) is 31.9 Å². The monoisotopic (exact) mass is 358 g/mol. The highest BCUT2D eigenvalue weighted by atomic mass is 32.2. The number of nitrogens with zero attached hydrogens (tertiary/aromatic N) is 1. The van der Waals surface area contributed by atoms with Crippen molar-refractivity contribution in [2.75, 3.05) is 26.7 Å². The van der Waals surface area contributed by atoms with Crippen molar-refractivity contribution < 1.29 is 17.7 Å². The average molecular weight is 359 g/mol. The number of nitrogens with one attached hydrogen (secondary N) is 1. The zero-order chi connectivity index (χ0) is 17.8. The summed E-state index contributed by atoms with van der Waals surface area (Å²) in [5.74, 6) is 0.766. The van der Waals surface area contributed by atoms with Crippen molar-refractivity contribution in [3.8, 4) is 5.75 Å². The highest BCUT2D eigenvalue weighted by molar-refractivity contribution is 7.83. The number of hydrogen-bond acceptors (Lipinski definition) is 4. The SMILES string of the molecule is CCCCCN(C)CCCCOc1ccc(CNS(=O)(=O)O)cc1. The Morgan fingerprint density at radius 1 is 1.08 bits per heavy atom. The molecule has 0 aliphatic heterocycles. The lowest BCUT2D eigenvalue weighted by atomic mass is 10.2. The summed E-state index contributed by atoms with van der Waals surface area (Å²) in [5.41, 5.74) is 0.758. The van der Waals surface area contributed by atoms with Crippen LogP contribution in [-0.2, 0) is 16.8 Å². The molecule has 0 aliphatic carbocycles. The van der Waals surface area contributed by atoms with Crippen LogP contribution in [0.5, 0.6) is 5.75 Å². The summed E-state index contributed by atoms with van der Waals surface area (Å²) in [6, 6.07) is 7.15. The first-order chi connectivity index (χ1) is 11.4. The number of unbranched alkanes of at least 4 members (excludes halogenated alkanes) is 3. The van der Waals surface area contributed by atoms with Gasteiger partial charge in [0.05, 0.1) is 6.61 Å². The van der Waals surface area contributed by atoms with E-state index in [0.717, 1.165) is 37.2 Å². The normalized spacial score (nSPS) is 11.8. The second kappa shape index (κ2) is 11.4. The summed E-state index contributed by atoms with van der Waals surface area (Å²) in [6.07, 6.45) is 5.93. The molecule has 0 aromatic heterocycles. The Hall–Kier alpha value is -1.15. The van der Waals surface area contributed by atoms with Gasteiger partial charge in [0, 0.05) is 6.54 Å². The van der Waals surface area contributed by atoms with E-state index in [2.05, 4.69) is 18.9 Å². The Morgan fingerprint density at radius 3 is 2.29 bits per heavy atom. The molecule has 0 amide bonds. The molecule has 2 N–H and O–H groups in total. The van der Waals surface area contributed by atoms with E-state index in [0.29, 0.717) is 6.61 Å². The smallest absolute Gasteiger partial charge is 0.333 e. The van der Waals surface area contributed by atoms with Gasteiger partial charge in [-0.05, 0) is 57.1 Å². The molecule has 0 saturated carbocycles. The molecular weight excluding hydrogens is 328 g/mol. The van der Waals surface area contributed by atoms with E-state index in [9.17, 15) is 8.42 Å². The van der Waals surface area contributed by atoms with Crippen LogP contribution >= 0.6 is 0 Å². The first kappa shape index (κ1) is 20.9. The molecule has 0 heterocycles. The molecule has 1 rings (SSSR count). The van der Waals surface area contributed by atoms with E-state index in [1.165, 1.54) is 19.3 Å². The van der Waals surface area contributed by atoms with E-state index >= 15 is 0 Å². The van der Waals surface area contributed by atoms with Crippen LogP contribution in [0.4, 0.5) is 0 Å². The van der Waals surface area contributed by atoms with E-state index in [4.69, 9.17) is 9.29 Å². The molecule has 0 radical (unpaired) electrons. The van der Waals surface area contributed by atoms with Crippen molar-refractivity contribution in [3.05, 3.63) is 29.8 Å². The minimum Gasteiger partial charge on any atom is -0.494 e. The van der Waals surface area contributed by atoms with Crippen LogP contribution < -0.4 is 9.46 Å². The van der Waals surface area contributed by atoms with Crippen LogP contribution in [0.3, 0.4) is 0 Å². The van der Waals surface area contributed by atoms with Crippen LogP contribution in [0.1, 0.15) is 44.6 Å². The highest BCUT2D eigenvalue weighted by Crippen LogP contribution is 2.13. The Kier molecular flexibility index (Phi) is 9.94. The largest absolute Gasteiger partial charge is 0.494 e. The molecule has 6 nitrogen and oxygen atoms in total. The van der Waals surface area contributed by atoms with Crippen molar-refractivity contribution in [2.24, 2.45) is 0 Å². The fourth-order valence-corrected chi connectivity index (χ4v) is 2.64. The number of hydrogen-bond donors (Lipinski definition) is 2. The summed E-state index contributed by atoms with van der Waals surface area (Å²) in [6.45, 7) is 5.20. The zero-order valence-electron chi connectivity index (χ0n) is 14.7. The first-order valence-corrected chi connectivity index (χ1v) is 9.97. The second-order valence-electron chi connectivity index (χ2n) is 6.01. The number of benzene rings is 1. The second-order valence-corrected chi connectivity index (χ2v) is 7.24. The molecule has 24 heavy (non-hydrogen) atoms. The number of ether oxygens (including phenoxy) is 1. The van der Waals surface area contributed by atoms with E-state index in [1.54, 1.807) is 24.3 Å². The maximum Gasteiger partial charge on any atom is 0.333 e. The average Bonchev–Trinajstić information content (AvgIpc) is 2.53. The standard InChI is InChI=1S/C17H30N2O4S/c1-3-4-5-12-19(2)13-6-7-14-23-17-10-8-16(9-11-17)15-18-24(20,21)22/h8-11,18H,3-7,12-15H2,1-2H3,(H,20,21,22). The van der Waals surface area contributed by atoms with Gasteiger partial charge in [-0.25, -0.2) is 0 Å². The van der Waals surface area contributed by atoms with Crippen LogP contribution in [-0.4, -0.2) is 44.6 Å². The fraction of sp³-hybridized carbons (Fsp3) is 0.647. The molecule has 1 aromatic carbocycles. The third kappa shape index (κ3) is 10.6. The Labute approximate surface area is 146 Å². The van der Waals surface area contributed by atoms with Crippen molar-refractivity contribution >= 4 is 10.3 Å². The van der Waals surface area contributed by atoms with Crippen LogP contribution in [0, 0.1) is 0 Å². The Morgan fingerprint density at radius 2 is 1.71 bits per heavy atom. The molecule has 0 aliphatic rings. The molecule has 1 aromatic rings. The summed E-state index contributed by atoms with van der Waals surface area (Å²) in [7, 11) is -1.99. The van der Waals surface area contributed by atoms with Gasteiger partial charge >= 0.3 is 10.3 Å². The van der Waals surface area contributed by atoms with Crippen LogP contribution in [0.15, 0.2) is 24.3 Å². The van der Waals surface area contributed by atoms with Gasteiger partial charge in [-0.15, -0.1) is 0 Å². The lowest BCUT2D eigenvalue weighted by Gasteiger charge is -2.16. The van der Waals surface area contributed by atoms with E-state index in [-0.39, 0.29) is 6.54 Å². The summed E-state index contributed by atoms with van der Waals surface area (Å²) in [4.78, 5) is 2.37. The summed E-state index contributed by atoms with van der Waals surface area (Å²) in [5, 5.41) is 0. The van der Waals surface area contributed by atoms with Crippen LogP contribution in [0.25, 0.3) is 0 Å². The highest BCUT2D eigenvalue weighted by Gasteiger charge is 2.03. The maximum absolute atomic E-state index is 10.6. The quantitative estimate of drug-likeness (QED) is 0.419. The number of rotatable bonds is 13. The van der Waals surface area contributed by atoms with Gasteiger partial charge in [-0.2, -0.15) is 13.1 Å².